The van der Waals surface area contributed by atoms with Crippen LogP contribution in [0.5, 0.6) is 0 Å². The molecule has 0 aromatic heterocycles. The molecule has 0 aromatic carbocycles. The fourth-order valence-electron chi connectivity index (χ4n) is 0.992. The minimum absolute atomic E-state index is 0.225. The molecule has 90 valence electrons. The van der Waals surface area contributed by atoms with Crippen LogP contribution < -0.4 is 0 Å². The maximum atomic E-state index is 10.9. The second kappa shape index (κ2) is 9.89. The van der Waals surface area contributed by atoms with Gasteiger partial charge in [-0.3, -0.25) is 9.69 Å². The number of likely N-dealkylation sites (N-methyl/N-ethyl adjacent to an activating group) is 1. The number of ether oxygens (including phenoxy) is 3. The van der Waals surface area contributed by atoms with Crippen LogP contribution in [0.1, 0.15) is 6.42 Å². The van der Waals surface area contributed by atoms with Crippen molar-refractivity contribution in [2.75, 3.05) is 54.2 Å². The summed E-state index contributed by atoms with van der Waals surface area (Å²) in [6.45, 7) is 3.06. The molecule has 0 saturated heterocycles. The molecule has 0 saturated carbocycles. The summed E-state index contributed by atoms with van der Waals surface area (Å²) in [4.78, 5) is 12.7. The summed E-state index contributed by atoms with van der Waals surface area (Å²) in [5, 5.41) is 0. The molecule has 5 heteroatoms. The van der Waals surface area contributed by atoms with E-state index < -0.39 is 0 Å². The fourth-order valence-corrected chi connectivity index (χ4v) is 0.992. The molecule has 0 aromatic rings. The lowest BCUT2D eigenvalue weighted by atomic mass is 10.5. The van der Waals surface area contributed by atoms with Gasteiger partial charge in [0.25, 0.3) is 0 Å². The molecule has 0 unspecified atom stereocenters. The zero-order chi connectivity index (χ0) is 11.5. The standard InChI is InChI=1S/C10H21NO4/c1-11(9-10(12)14-3)5-8-15-7-4-6-13-2/h4-9H2,1-3H3. The Bertz CT molecular complexity index is 164. The van der Waals surface area contributed by atoms with E-state index >= 15 is 0 Å². The summed E-state index contributed by atoms with van der Waals surface area (Å²) < 4.78 is 14.8. The van der Waals surface area contributed by atoms with Gasteiger partial charge < -0.3 is 14.2 Å². The first-order chi connectivity index (χ1) is 7.20. The molecule has 0 atom stereocenters. The second-order valence-electron chi connectivity index (χ2n) is 3.27. The third-order valence-electron chi connectivity index (χ3n) is 1.88. The van der Waals surface area contributed by atoms with Gasteiger partial charge in [-0.2, -0.15) is 0 Å². The third-order valence-corrected chi connectivity index (χ3v) is 1.88. The van der Waals surface area contributed by atoms with Gasteiger partial charge in [0.05, 0.1) is 20.3 Å². The fraction of sp³-hybridized carbons (Fsp3) is 0.900. The molecule has 0 rings (SSSR count). The summed E-state index contributed by atoms with van der Waals surface area (Å²) in [6.07, 6.45) is 0.900. The predicted molar refractivity (Wildman–Crippen MR) is 56.8 cm³/mol. The van der Waals surface area contributed by atoms with Gasteiger partial charge in [0, 0.05) is 26.9 Å². The predicted octanol–water partition coefficient (Wildman–Crippen LogP) is 0.144. The van der Waals surface area contributed by atoms with Crippen LogP contribution in [0, 0.1) is 0 Å². The monoisotopic (exact) mass is 219 g/mol. The molecule has 0 spiro atoms. The molecule has 5 nitrogen and oxygen atoms in total. The van der Waals surface area contributed by atoms with E-state index in [1.165, 1.54) is 7.11 Å². The van der Waals surface area contributed by atoms with Crippen molar-refractivity contribution >= 4 is 5.97 Å². The van der Waals surface area contributed by atoms with E-state index in [1.807, 2.05) is 11.9 Å². The van der Waals surface area contributed by atoms with E-state index in [4.69, 9.17) is 9.47 Å². The van der Waals surface area contributed by atoms with Crippen LogP contribution in [-0.4, -0.2) is 65.0 Å². The van der Waals surface area contributed by atoms with Crippen molar-refractivity contribution < 1.29 is 19.0 Å². The van der Waals surface area contributed by atoms with Crippen LogP contribution in [0.4, 0.5) is 0 Å². The largest absolute Gasteiger partial charge is 0.468 e. The average molecular weight is 219 g/mol. The Hall–Kier alpha value is -0.650. The van der Waals surface area contributed by atoms with Crippen molar-refractivity contribution in [3.63, 3.8) is 0 Å². The first-order valence-electron chi connectivity index (χ1n) is 5.02. The van der Waals surface area contributed by atoms with Gasteiger partial charge >= 0.3 is 5.97 Å². The Labute approximate surface area is 91.3 Å². The van der Waals surface area contributed by atoms with E-state index in [0.29, 0.717) is 19.8 Å². The molecule has 0 radical (unpaired) electrons. The van der Waals surface area contributed by atoms with Crippen LogP contribution in [0.2, 0.25) is 0 Å². The summed E-state index contributed by atoms with van der Waals surface area (Å²) in [5.41, 5.74) is 0. The lowest BCUT2D eigenvalue weighted by Crippen LogP contribution is -2.29. The highest BCUT2D eigenvalue weighted by Gasteiger charge is 2.04. The third kappa shape index (κ3) is 9.65. The zero-order valence-corrected chi connectivity index (χ0v) is 9.82. The lowest BCUT2D eigenvalue weighted by molar-refractivity contribution is -0.141. The van der Waals surface area contributed by atoms with Crippen LogP contribution in [-0.2, 0) is 19.0 Å². The zero-order valence-electron chi connectivity index (χ0n) is 9.82. The number of carbonyl (C=O) groups is 1. The molecule has 0 aliphatic carbocycles. The van der Waals surface area contributed by atoms with Crippen molar-refractivity contribution in [3.05, 3.63) is 0 Å². The SMILES string of the molecule is COCCCOCCN(C)CC(=O)OC. The first kappa shape index (κ1) is 14.3. The normalized spacial score (nSPS) is 10.7. The van der Waals surface area contributed by atoms with Gasteiger partial charge in [-0.05, 0) is 13.5 Å². The Morgan fingerprint density at radius 1 is 1.20 bits per heavy atom. The summed E-state index contributed by atoms with van der Waals surface area (Å²) in [7, 11) is 4.91. The Balaban J connectivity index is 3.23. The Kier molecular flexibility index (Phi) is 9.46. The molecular weight excluding hydrogens is 198 g/mol. The molecule has 0 aliphatic rings. The molecule has 0 bridgehead atoms. The van der Waals surface area contributed by atoms with E-state index in [-0.39, 0.29) is 5.97 Å². The molecule has 0 heterocycles. The van der Waals surface area contributed by atoms with Crippen molar-refractivity contribution in [2.24, 2.45) is 0 Å². The van der Waals surface area contributed by atoms with E-state index in [1.54, 1.807) is 7.11 Å². The number of nitrogens with zero attached hydrogens (tertiary/aromatic N) is 1. The maximum Gasteiger partial charge on any atom is 0.319 e. The van der Waals surface area contributed by atoms with Gasteiger partial charge in [0.1, 0.15) is 0 Å². The molecule has 0 amide bonds. The summed E-state index contributed by atoms with van der Waals surface area (Å²) in [5.74, 6) is -0.225. The van der Waals surface area contributed by atoms with Crippen LogP contribution >= 0.6 is 0 Å². The van der Waals surface area contributed by atoms with Gasteiger partial charge in [0.15, 0.2) is 0 Å². The molecule has 0 aliphatic heterocycles. The van der Waals surface area contributed by atoms with Gasteiger partial charge in [0.2, 0.25) is 0 Å². The number of hydrogen-bond donors (Lipinski definition) is 0. The first-order valence-corrected chi connectivity index (χ1v) is 5.02. The van der Waals surface area contributed by atoms with E-state index in [0.717, 1.165) is 19.6 Å². The Morgan fingerprint density at radius 2 is 1.93 bits per heavy atom. The Morgan fingerprint density at radius 3 is 2.53 bits per heavy atom. The summed E-state index contributed by atoms with van der Waals surface area (Å²) >= 11 is 0. The molecule has 0 fully saturated rings. The van der Waals surface area contributed by atoms with Gasteiger partial charge in [-0.1, -0.05) is 0 Å². The number of carbonyl (C=O) groups excluding carboxylic acids is 1. The van der Waals surface area contributed by atoms with E-state index in [2.05, 4.69) is 4.74 Å². The average Bonchev–Trinajstić information content (AvgIpc) is 2.23. The smallest absolute Gasteiger partial charge is 0.319 e. The number of rotatable bonds is 9. The second-order valence-corrected chi connectivity index (χ2v) is 3.27. The molecule has 0 N–H and O–H groups in total. The van der Waals surface area contributed by atoms with Gasteiger partial charge in [-0.25, -0.2) is 0 Å². The van der Waals surface area contributed by atoms with Crippen LogP contribution in [0.25, 0.3) is 0 Å². The quantitative estimate of drug-likeness (QED) is 0.408. The number of hydrogen-bond acceptors (Lipinski definition) is 5. The maximum absolute atomic E-state index is 10.9. The van der Waals surface area contributed by atoms with Crippen LogP contribution in [0.3, 0.4) is 0 Å². The van der Waals surface area contributed by atoms with Crippen molar-refractivity contribution in [2.45, 2.75) is 6.42 Å². The lowest BCUT2D eigenvalue weighted by Gasteiger charge is -2.14. The highest BCUT2D eigenvalue weighted by Crippen LogP contribution is 1.87. The van der Waals surface area contributed by atoms with Crippen molar-refractivity contribution in [1.29, 1.82) is 0 Å². The highest BCUT2D eigenvalue weighted by molar-refractivity contribution is 5.71. The molecule has 15 heavy (non-hydrogen) atoms. The number of methoxy groups -OCH3 is 2. The molecular formula is C10H21NO4. The number of esters is 1. The minimum Gasteiger partial charge on any atom is -0.468 e. The van der Waals surface area contributed by atoms with Crippen molar-refractivity contribution in [3.8, 4) is 0 Å². The highest BCUT2D eigenvalue weighted by atomic mass is 16.5. The summed E-state index contributed by atoms with van der Waals surface area (Å²) in [6, 6.07) is 0. The minimum atomic E-state index is -0.225. The van der Waals surface area contributed by atoms with E-state index in [9.17, 15) is 4.79 Å². The van der Waals surface area contributed by atoms with Crippen molar-refractivity contribution in [1.82, 2.24) is 4.90 Å². The van der Waals surface area contributed by atoms with Crippen LogP contribution in [0.15, 0.2) is 0 Å². The topological polar surface area (TPSA) is 48.0 Å². The van der Waals surface area contributed by atoms with Gasteiger partial charge in [-0.15, -0.1) is 0 Å².